The van der Waals surface area contributed by atoms with Gasteiger partial charge in [0.25, 0.3) is 0 Å². The van der Waals surface area contributed by atoms with E-state index < -0.39 is 45.3 Å². The van der Waals surface area contributed by atoms with E-state index in [1.165, 1.54) is 0 Å². The third-order valence-corrected chi connectivity index (χ3v) is 9.40. The van der Waals surface area contributed by atoms with E-state index in [9.17, 15) is 14.4 Å². The van der Waals surface area contributed by atoms with Gasteiger partial charge in [-0.3, -0.25) is 19.3 Å². The van der Waals surface area contributed by atoms with Gasteiger partial charge < -0.3 is 5.32 Å². The molecule has 1 fully saturated rings. The molecule has 0 radical (unpaired) electrons. The van der Waals surface area contributed by atoms with Crippen LogP contribution < -0.4 is 5.32 Å². The van der Waals surface area contributed by atoms with E-state index in [1.807, 2.05) is 80.6 Å². The van der Waals surface area contributed by atoms with Crippen molar-refractivity contribution in [1.29, 1.82) is 0 Å². The number of aryl methyl sites for hydroxylation is 2. The highest BCUT2D eigenvalue weighted by molar-refractivity contribution is 6.36. The van der Waals surface area contributed by atoms with E-state index in [4.69, 9.17) is 23.2 Å². The third-order valence-electron chi connectivity index (χ3n) is 8.12. The summed E-state index contributed by atoms with van der Waals surface area (Å²) in [4.78, 5) is 39.9. The summed E-state index contributed by atoms with van der Waals surface area (Å²) in [5.74, 6) is -3.24. The van der Waals surface area contributed by atoms with Crippen LogP contribution in [0.2, 0.25) is 0 Å². The lowest BCUT2D eigenvalue weighted by Crippen LogP contribution is -2.57. The fourth-order valence-corrected chi connectivity index (χ4v) is 7.52. The number of hydrogen-bond acceptors (Lipinski definition) is 3. The predicted octanol–water partition coefficient (Wildman–Crippen LogP) is 5.22. The minimum Gasteiger partial charge on any atom is -0.324 e. The molecule has 0 unspecified atom stereocenters. The maximum absolute atomic E-state index is 14.0. The van der Waals surface area contributed by atoms with Crippen LogP contribution in [-0.2, 0) is 24.1 Å². The van der Waals surface area contributed by atoms with E-state index in [0.29, 0.717) is 5.69 Å². The van der Waals surface area contributed by atoms with Crippen LogP contribution in [0.25, 0.3) is 0 Å². The molecule has 1 aliphatic heterocycles. The van der Waals surface area contributed by atoms with E-state index in [-0.39, 0.29) is 0 Å². The Hall–Kier alpha value is -3.15. The van der Waals surface area contributed by atoms with Gasteiger partial charge in [-0.2, -0.15) is 0 Å². The number of nitrogens with one attached hydrogen (secondary N) is 1. The molecule has 2 bridgehead atoms. The largest absolute Gasteiger partial charge is 0.324 e. The number of rotatable bonds is 3. The maximum atomic E-state index is 14.0. The van der Waals surface area contributed by atoms with Crippen molar-refractivity contribution >= 4 is 46.6 Å². The van der Waals surface area contributed by atoms with Crippen molar-refractivity contribution < 1.29 is 14.4 Å². The number of likely N-dealkylation sites (tertiary alicyclic amines) is 1. The number of alkyl halides is 2. The molecule has 7 rings (SSSR count). The summed E-state index contributed by atoms with van der Waals surface area (Å²) in [6.07, 6.45) is 0. The molecule has 1 saturated heterocycles. The van der Waals surface area contributed by atoms with Crippen LogP contribution in [0.4, 0.5) is 5.69 Å². The van der Waals surface area contributed by atoms with Crippen LogP contribution in [0.5, 0.6) is 0 Å². The molecule has 7 heteroatoms. The number of benzene rings is 3. The third kappa shape index (κ3) is 2.70. The molecule has 0 saturated carbocycles. The first-order valence-electron chi connectivity index (χ1n) is 11.9. The minimum absolute atomic E-state index is 0.442. The Morgan fingerprint density at radius 2 is 1.17 bits per heavy atom. The van der Waals surface area contributed by atoms with Crippen molar-refractivity contribution in [1.82, 2.24) is 4.90 Å². The lowest BCUT2D eigenvalue weighted by atomic mass is 9.54. The summed E-state index contributed by atoms with van der Waals surface area (Å²) in [7, 11) is 0. The topological polar surface area (TPSA) is 66.5 Å². The summed E-state index contributed by atoms with van der Waals surface area (Å²) in [6.45, 7) is 5.36. The van der Waals surface area contributed by atoms with Crippen LogP contribution in [0.3, 0.4) is 0 Å². The average molecular weight is 519 g/mol. The fraction of sp³-hybridized carbons (Fsp3) is 0.276. The second-order valence-electron chi connectivity index (χ2n) is 9.95. The Morgan fingerprint density at radius 1 is 0.778 bits per heavy atom. The van der Waals surface area contributed by atoms with Crippen molar-refractivity contribution in [3.05, 3.63) is 100 Å². The summed E-state index contributed by atoms with van der Waals surface area (Å²) in [5, 5.41) is 2.92. The van der Waals surface area contributed by atoms with Crippen molar-refractivity contribution in [3.8, 4) is 0 Å². The first-order chi connectivity index (χ1) is 17.1. The summed E-state index contributed by atoms with van der Waals surface area (Å²) < 4.78 is 0. The smallest absolute Gasteiger partial charge is 0.247 e. The van der Waals surface area contributed by atoms with Gasteiger partial charge in [0.05, 0.1) is 11.8 Å². The number of para-hydroxylation sites is 1. The number of amides is 3. The van der Waals surface area contributed by atoms with Crippen molar-refractivity contribution in [2.24, 2.45) is 11.8 Å². The normalized spacial score (nSPS) is 28.4. The van der Waals surface area contributed by atoms with Gasteiger partial charge in [0.15, 0.2) is 0 Å². The molecular weight excluding hydrogens is 495 g/mol. The molecule has 182 valence electrons. The lowest BCUT2D eigenvalue weighted by Gasteiger charge is -2.54. The molecule has 36 heavy (non-hydrogen) atoms. The van der Waals surface area contributed by atoms with E-state index in [2.05, 4.69) is 5.32 Å². The second-order valence-corrected chi connectivity index (χ2v) is 11.1. The monoisotopic (exact) mass is 518 g/mol. The van der Waals surface area contributed by atoms with Gasteiger partial charge in [0, 0.05) is 5.69 Å². The minimum atomic E-state index is -1.27. The maximum Gasteiger partial charge on any atom is 0.247 e. The summed E-state index contributed by atoms with van der Waals surface area (Å²) in [5.41, 5.74) is 5.40. The fourth-order valence-electron chi connectivity index (χ4n) is 6.43. The molecule has 1 N–H and O–H groups in total. The van der Waals surface area contributed by atoms with Crippen molar-refractivity contribution in [3.63, 3.8) is 0 Å². The number of carbonyl (C=O) groups is 3. The van der Waals surface area contributed by atoms with Gasteiger partial charge in [-0.05, 0) is 54.2 Å². The van der Waals surface area contributed by atoms with Gasteiger partial charge in [-0.1, -0.05) is 66.7 Å². The second kappa shape index (κ2) is 7.67. The Kier molecular flexibility index (Phi) is 4.96. The number of anilines is 1. The zero-order chi connectivity index (χ0) is 25.6. The highest BCUT2D eigenvalue weighted by atomic mass is 35.5. The highest BCUT2D eigenvalue weighted by Gasteiger charge is 2.73. The van der Waals surface area contributed by atoms with Crippen LogP contribution in [-0.4, -0.2) is 28.7 Å². The lowest BCUT2D eigenvalue weighted by molar-refractivity contribution is -0.146. The van der Waals surface area contributed by atoms with E-state index >= 15 is 0 Å². The Labute approximate surface area is 219 Å². The van der Waals surface area contributed by atoms with Crippen molar-refractivity contribution in [2.75, 3.05) is 5.32 Å². The molecule has 5 nitrogen and oxygen atoms in total. The molecule has 3 aromatic carbocycles. The number of imide groups is 1. The number of halogens is 2. The standard InChI is InChI=1S/C29H24Cl2N2O3/c1-15-9-8-10-16(2)24(15)32-25(34)17(3)33-26(35)22-23(27(33)36)29(31)19-12-5-4-11-18(19)28(22,30)20-13-6-7-14-21(20)29/h4-14,17,22-23H,1-3H3,(H,32,34)/t17-,22-,23-,28?,29?/m0/s1. The molecule has 1 heterocycles. The van der Waals surface area contributed by atoms with Gasteiger partial charge in [0.1, 0.15) is 15.8 Å². The van der Waals surface area contributed by atoms with Crippen LogP contribution in [0.15, 0.2) is 66.7 Å². The number of carbonyl (C=O) groups excluding carboxylic acids is 3. The molecule has 3 aromatic rings. The zero-order valence-electron chi connectivity index (χ0n) is 20.0. The van der Waals surface area contributed by atoms with Gasteiger partial charge in [-0.25, -0.2) is 0 Å². The number of nitrogens with zero attached hydrogens (tertiary/aromatic N) is 1. The summed E-state index contributed by atoms with van der Waals surface area (Å²) >= 11 is 14.9. The highest BCUT2D eigenvalue weighted by Crippen LogP contribution is 2.69. The molecule has 3 amide bonds. The van der Waals surface area contributed by atoms with Gasteiger partial charge in [0.2, 0.25) is 17.7 Å². The Bertz CT molecular complexity index is 1340. The van der Waals surface area contributed by atoms with Gasteiger partial charge in [-0.15, -0.1) is 23.2 Å². The molecule has 3 atom stereocenters. The Balaban J connectivity index is 1.46. The molecule has 0 spiro atoms. The molecule has 0 aromatic heterocycles. The predicted molar refractivity (Wildman–Crippen MR) is 139 cm³/mol. The zero-order valence-corrected chi connectivity index (χ0v) is 21.5. The van der Waals surface area contributed by atoms with Crippen LogP contribution in [0.1, 0.15) is 40.3 Å². The molecular formula is C29H24Cl2N2O3. The van der Waals surface area contributed by atoms with E-state index in [1.54, 1.807) is 6.92 Å². The first kappa shape index (κ1) is 23.3. The van der Waals surface area contributed by atoms with E-state index in [0.717, 1.165) is 38.3 Å². The van der Waals surface area contributed by atoms with Crippen molar-refractivity contribution in [2.45, 2.75) is 36.6 Å². The van der Waals surface area contributed by atoms with Crippen LogP contribution >= 0.6 is 23.2 Å². The SMILES string of the molecule is Cc1cccc(C)c1NC(=O)[C@H](C)N1C(=O)[C@@H]2[C@@H](C1=O)C1(Cl)c3ccccc3C2(Cl)c2ccccc21. The molecule has 3 aliphatic carbocycles. The average Bonchev–Trinajstić information content (AvgIpc) is 3.15. The van der Waals surface area contributed by atoms with Gasteiger partial charge >= 0.3 is 0 Å². The summed E-state index contributed by atoms with van der Waals surface area (Å²) in [6, 6.07) is 19.6. The molecule has 4 aliphatic rings. The first-order valence-corrected chi connectivity index (χ1v) is 12.7. The quantitative estimate of drug-likeness (QED) is 0.381. The number of hydrogen-bond donors (Lipinski definition) is 1. The Morgan fingerprint density at radius 3 is 1.56 bits per heavy atom. The van der Waals surface area contributed by atoms with Crippen LogP contribution in [0, 0.1) is 25.7 Å².